The molecule has 1 unspecified atom stereocenters. The van der Waals surface area contributed by atoms with Crippen molar-refractivity contribution in [2.24, 2.45) is 5.92 Å². The highest BCUT2D eigenvalue weighted by molar-refractivity contribution is 6.33. The van der Waals surface area contributed by atoms with E-state index in [2.05, 4.69) is 10.2 Å². The van der Waals surface area contributed by atoms with Gasteiger partial charge in [-0.25, -0.2) is 5.10 Å². The van der Waals surface area contributed by atoms with E-state index in [0.717, 1.165) is 0 Å². The molecule has 86 valence electrons. The van der Waals surface area contributed by atoms with Gasteiger partial charge in [-0.15, -0.1) is 0 Å². The highest BCUT2D eigenvalue weighted by Crippen LogP contribution is 2.27. The molecule has 7 heteroatoms. The van der Waals surface area contributed by atoms with Crippen molar-refractivity contribution in [3.05, 3.63) is 21.6 Å². The molecule has 0 saturated carbocycles. The number of carbonyl (C=O) groups is 1. The van der Waals surface area contributed by atoms with Gasteiger partial charge in [0.25, 0.3) is 5.56 Å². The molecule has 2 N–H and O–H groups in total. The summed E-state index contributed by atoms with van der Waals surface area (Å²) in [6.45, 7) is 0.933. The van der Waals surface area contributed by atoms with E-state index in [9.17, 15) is 9.59 Å². The van der Waals surface area contributed by atoms with E-state index in [4.69, 9.17) is 16.7 Å². The van der Waals surface area contributed by atoms with Crippen LogP contribution in [0.1, 0.15) is 6.42 Å². The van der Waals surface area contributed by atoms with Crippen molar-refractivity contribution >= 4 is 23.3 Å². The van der Waals surface area contributed by atoms with Crippen LogP contribution >= 0.6 is 11.6 Å². The molecular weight excluding hydrogens is 234 g/mol. The highest BCUT2D eigenvalue weighted by atomic mass is 35.5. The molecule has 0 aliphatic carbocycles. The van der Waals surface area contributed by atoms with Crippen LogP contribution in [0.3, 0.4) is 0 Å². The zero-order valence-electron chi connectivity index (χ0n) is 8.31. The number of carboxylic acids is 1. The first-order chi connectivity index (χ1) is 7.59. The van der Waals surface area contributed by atoms with Gasteiger partial charge in [0.2, 0.25) is 0 Å². The summed E-state index contributed by atoms with van der Waals surface area (Å²) in [6.07, 6.45) is 1.99. The van der Waals surface area contributed by atoms with E-state index in [1.807, 2.05) is 0 Å². The summed E-state index contributed by atoms with van der Waals surface area (Å²) in [5, 5.41) is 14.8. The van der Waals surface area contributed by atoms with E-state index < -0.39 is 17.4 Å². The number of aromatic amines is 1. The van der Waals surface area contributed by atoms with Gasteiger partial charge in [-0.3, -0.25) is 9.59 Å². The van der Waals surface area contributed by atoms with Crippen LogP contribution < -0.4 is 10.5 Å². The number of hydrogen-bond acceptors (Lipinski definition) is 4. The third kappa shape index (κ3) is 1.88. The summed E-state index contributed by atoms with van der Waals surface area (Å²) in [7, 11) is 0. The van der Waals surface area contributed by atoms with Crippen LogP contribution in [0.4, 0.5) is 5.69 Å². The number of anilines is 1. The molecule has 1 atom stereocenters. The molecule has 1 aromatic heterocycles. The molecule has 1 aliphatic heterocycles. The molecule has 0 amide bonds. The highest BCUT2D eigenvalue weighted by Gasteiger charge is 2.29. The molecule has 0 bridgehead atoms. The molecule has 0 aromatic carbocycles. The Morgan fingerprint density at radius 3 is 3.06 bits per heavy atom. The molecular formula is C9H10ClN3O3. The van der Waals surface area contributed by atoms with Crippen LogP contribution in [0.5, 0.6) is 0 Å². The SMILES string of the molecule is O=C(O)C1CCN(c2cn[nH]c(=O)c2Cl)C1. The monoisotopic (exact) mass is 243 g/mol. The van der Waals surface area contributed by atoms with Gasteiger partial charge in [0, 0.05) is 13.1 Å². The minimum absolute atomic E-state index is 0.0565. The van der Waals surface area contributed by atoms with Crippen molar-refractivity contribution in [3.63, 3.8) is 0 Å². The molecule has 0 radical (unpaired) electrons. The van der Waals surface area contributed by atoms with Crippen molar-refractivity contribution in [3.8, 4) is 0 Å². The van der Waals surface area contributed by atoms with Crippen LogP contribution in [-0.2, 0) is 4.79 Å². The van der Waals surface area contributed by atoms with Crippen molar-refractivity contribution in [2.75, 3.05) is 18.0 Å². The quantitative estimate of drug-likeness (QED) is 0.782. The Balaban J connectivity index is 2.24. The Morgan fingerprint density at radius 2 is 2.44 bits per heavy atom. The first-order valence-corrected chi connectivity index (χ1v) is 5.18. The number of halogens is 1. The second-order valence-corrected chi connectivity index (χ2v) is 4.05. The van der Waals surface area contributed by atoms with Gasteiger partial charge < -0.3 is 10.0 Å². The topological polar surface area (TPSA) is 86.3 Å². The zero-order chi connectivity index (χ0) is 11.7. The molecule has 1 aliphatic rings. The largest absolute Gasteiger partial charge is 0.481 e. The van der Waals surface area contributed by atoms with E-state index in [-0.39, 0.29) is 5.02 Å². The summed E-state index contributed by atoms with van der Waals surface area (Å²) in [5.74, 6) is -1.23. The maximum absolute atomic E-state index is 11.2. The standard InChI is InChI=1S/C9H10ClN3O3/c10-7-6(3-11-12-8(7)14)13-2-1-5(4-13)9(15)16/h3,5H,1-2,4H2,(H,12,14)(H,15,16). The van der Waals surface area contributed by atoms with Crippen molar-refractivity contribution in [1.82, 2.24) is 10.2 Å². The summed E-state index contributed by atoms with van der Waals surface area (Å²) < 4.78 is 0. The van der Waals surface area contributed by atoms with Gasteiger partial charge in [-0.2, -0.15) is 5.10 Å². The Kier molecular flexibility index (Phi) is 2.82. The molecule has 2 heterocycles. The van der Waals surface area contributed by atoms with Crippen LogP contribution in [0.15, 0.2) is 11.0 Å². The third-order valence-electron chi connectivity index (χ3n) is 2.66. The Hall–Kier alpha value is -1.56. The predicted molar refractivity (Wildman–Crippen MR) is 57.8 cm³/mol. The average Bonchev–Trinajstić information content (AvgIpc) is 2.71. The molecule has 6 nitrogen and oxygen atoms in total. The minimum Gasteiger partial charge on any atom is -0.481 e. The van der Waals surface area contributed by atoms with Gasteiger partial charge in [-0.05, 0) is 6.42 Å². The summed E-state index contributed by atoms with van der Waals surface area (Å²) >= 11 is 5.83. The number of aromatic nitrogens is 2. The molecule has 1 aromatic rings. The van der Waals surface area contributed by atoms with Crippen LogP contribution in [0, 0.1) is 5.92 Å². The van der Waals surface area contributed by atoms with Gasteiger partial charge in [0.15, 0.2) is 0 Å². The molecule has 16 heavy (non-hydrogen) atoms. The normalized spacial score (nSPS) is 20.1. The van der Waals surface area contributed by atoms with E-state index in [0.29, 0.717) is 25.2 Å². The molecule has 1 saturated heterocycles. The summed E-state index contributed by atoms with van der Waals surface area (Å²) in [6, 6.07) is 0. The second-order valence-electron chi connectivity index (χ2n) is 3.67. The first-order valence-electron chi connectivity index (χ1n) is 4.80. The van der Waals surface area contributed by atoms with Gasteiger partial charge in [0.1, 0.15) is 5.02 Å². The second kappa shape index (κ2) is 4.13. The summed E-state index contributed by atoms with van der Waals surface area (Å²) in [5.41, 5.74) is 0.0344. The number of nitrogens with zero attached hydrogens (tertiary/aromatic N) is 2. The lowest BCUT2D eigenvalue weighted by molar-refractivity contribution is -0.140. The Morgan fingerprint density at radius 1 is 1.69 bits per heavy atom. The van der Waals surface area contributed by atoms with Crippen molar-refractivity contribution in [1.29, 1.82) is 0 Å². The fourth-order valence-corrected chi connectivity index (χ4v) is 1.99. The van der Waals surface area contributed by atoms with Crippen LogP contribution in [-0.4, -0.2) is 34.4 Å². The lowest BCUT2D eigenvalue weighted by Gasteiger charge is -2.17. The fraction of sp³-hybridized carbons (Fsp3) is 0.444. The number of aliphatic carboxylic acids is 1. The summed E-state index contributed by atoms with van der Waals surface area (Å²) in [4.78, 5) is 23.8. The van der Waals surface area contributed by atoms with Crippen molar-refractivity contribution < 1.29 is 9.90 Å². The maximum Gasteiger partial charge on any atom is 0.308 e. The Bertz CT molecular complexity index is 473. The van der Waals surface area contributed by atoms with E-state index >= 15 is 0 Å². The van der Waals surface area contributed by atoms with Gasteiger partial charge in [0.05, 0.1) is 17.8 Å². The number of carboxylic acid groups (broad SMARTS) is 1. The number of rotatable bonds is 2. The van der Waals surface area contributed by atoms with Gasteiger partial charge >= 0.3 is 5.97 Å². The number of H-pyrrole nitrogens is 1. The molecule has 0 spiro atoms. The lowest BCUT2D eigenvalue weighted by Crippen LogP contribution is -2.25. The Labute approximate surface area is 95.8 Å². The zero-order valence-corrected chi connectivity index (χ0v) is 9.07. The molecule has 2 rings (SSSR count). The number of nitrogens with one attached hydrogen (secondary N) is 1. The maximum atomic E-state index is 11.2. The van der Waals surface area contributed by atoms with E-state index in [1.54, 1.807) is 4.90 Å². The average molecular weight is 244 g/mol. The van der Waals surface area contributed by atoms with Crippen LogP contribution in [0.25, 0.3) is 0 Å². The van der Waals surface area contributed by atoms with Gasteiger partial charge in [-0.1, -0.05) is 11.6 Å². The minimum atomic E-state index is -0.823. The smallest absolute Gasteiger partial charge is 0.308 e. The fourth-order valence-electron chi connectivity index (χ4n) is 1.78. The van der Waals surface area contributed by atoms with E-state index in [1.165, 1.54) is 6.20 Å². The first kappa shape index (κ1) is 10.9. The number of hydrogen-bond donors (Lipinski definition) is 2. The predicted octanol–water partition coefficient (Wildman–Crippen LogP) is 0.334. The third-order valence-corrected chi connectivity index (χ3v) is 3.02. The van der Waals surface area contributed by atoms with Crippen LogP contribution in [0.2, 0.25) is 5.02 Å². The van der Waals surface area contributed by atoms with Crippen molar-refractivity contribution in [2.45, 2.75) is 6.42 Å². The molecule has 1 fully saturated rings. The lowest BCUT2D eigenvalue weighted by atomic mass is 10.1.